The van der Waals surface area contributed by atoms with E-state index >= 15 is 0 Å². The first-order valence-electron chi connectivity index (χ1n) is 12.0. The van der Waals surface area contributed by atoms with Crippen LogP contribution in [0.2, 0.25) is 5.02 Å². The largest absolute Gasteiger partial charge is 0.444 e. The first-order chi connectivity index (χ1) is 17.2. The maximum atomic E-state index is 14.7. The Morgan fingerprint density at radius 3 is 2.54 bits per heavy atom. The monoisotopic (exact) mass is 553 g/mol. The molecule has 2 atom stereocenters. The molecule has 1 aliphatic heterocycles. The molecule has 3 rings (SSSR count). The zero-order valence-corrected chi connectivity index (χ0v) is 23.2. The lowest BCUT2D eigenvalue weighted by Gasteiger charge is -2.36. The zero-order chi connectivity index (χ0) is 27.5. The van der Waals surface area contributed by atoms with Gasteiger partial charge in [-0.25, -0.2) is 17.6 Å². The van der Waals surface area contributed by atoms with Gasteiger partial charge < -0.3 is 9.64 Å². The number of aryl methyl sites for hydroxylation is 1. The predicted octanol–water partition coefficient (Wildman–Crippen LogP) is 5.05. The van der Waals surface area contributed by atoms with Crippen molar-refractivity contribution < 1.29 is 27.1 Å². The van der Waals surface area contributed by atoms with Crippen molar-refractivity contribution in [1.82, 2.24) is 15.2 Å². The highest BCUT2D eigenvalue weighted by Gasteiger charge is 2.36. The summed E-state index contributed by atoms with van der Waals surface area (Å²) in [5.41, 5.74) is 3.26. The third-order valence-corrected chi connectivity index (χ3v) is 8.22. The quantitative estimate of drug-likeness (QED) is 0.487. The van der Waals surface area contributed by atoms with E-state index in [1.165, 1.54) is 24.0 Å². The summed E-state index contributed by atoms with van der Waals surface area (Å²) < 4.78 is 46.1. The van der Waals surface area contributed by atoms with Gasteiger partial charge in [0.2, 0.25) is 10.0 Å². The number of rotatable bonds is 6. The van der Waals surface area contributed by atoms with Crippen molar-refractivity contribution in [3.63, 3.8) is 0 Å². The van der Waals surface area contributed by atoms with Crippen molar-refractivity contribution >= 4 is 33.6 Å². The van der Waals surface area contributed by atoms with E-state index in [1.807, 2.05) is 25.1 Å². The summed E-state index contributed by atoms with van der Waals surface area (Å²) in [5, 5.41) is -1.20. The Labute approximate surface area is 222 Å². The number of hydrogen-bond acceptors (Lipinski definition) is 5. The van der Waals surface area contributed by atoms with E-state index in [2.05, 4.69) is 10.3 Å². The molecule has 2 unspecified atom stereocenters. The minimum atomic E-state index is -4.05. The minimum Gasteiger partial charge on any atom is -0.444 e. The fourth-order valence-corrected chi connectivity index (χ4v) is 5.53. The Balaban J connectivity index is 1.70. The summed E-state index contributed by atoms with van der Waals surface area (Å²) in [7, 11) is -4.05. The Morgan fingerprint density at radius 1 is 1.19 bits per heavy atom. The molecular weight excluding hydrogens is 521 g/mol. The number of piperidine rings is 1. The average molecular weight is 554 g/mol. The van der Waals surface area contributed by atoms with Crippen molar-refractivity contribution in [3.05, 3.63) is 58.4 Å². The van der Waals surface area contributed by atoms with Crippen LogP contribution in [0.4, 0.5) is 9.18 Å². The molecular formula is C26H33ClFN3O5S. The third kappa shape index (κ3) is 7.43. The fraction of sp³-hybridized carbons (Fsp3) is 0.462. The maximum absolute atomic E-state index is 14.7. The number of carbonyl (C=O) groups is 2. The normalized spacial score (nSPS) is 17.3. The summed E-state index contributed by atoms with van der Waals surface area (Å²) in [6, 6.07) is 10.1. The number of sulfonamides is 1. The number of carbonyl (C=O) groups excluding carboxylic acids is 2. The van der Waals surface area contributed by atoms with Gasteiger partial charge in [0.05, 0.1) is 15.8 Å². The highest BCUT2D eigenvalue weighted by atomic mass is 35.5. The molecule has 0 aromatic heterocycles. The van der Waals surface area contributed by atoms with Crippen molar-refractivity contribution in [2.24, 2.45) is 5.92 Å². The summed E-state index contributed by atoms with van der Waals surface area (Å²) in [5.74, 6) is -2.32. The minimum absolute atomic E-state index is 0.202. The van der Waals surface area contributed by atoms with Crippen LogP contribution in [0.5, 0.6) is 0 Å². The summed E-state index contributed by atoms with van der Waals surface area (Å²) >= 11 is 6.04. The molecule has 0 radical (unpaired) electrons. The van der Waals surface area contributed by atoms with E-state index in [4.69, 9.17) is 16.3 Å². The van der Waals surface area contributed by atoms with Crippen LogP contribution < -0.4 is 10.3 Å². The summed E-state index contributed by atoms with van der Waals surface area (Å²) in [6.45, 7) is 9.37. The predicted molar refractivity (Wildman–Crippen MR) is 141 cm³/mol. The fourth-order valence-electron chi connectivity index (χ4n) is 4.16. The number of amides is 2. The van der Waals surface area contributed by atoms with Crippen LogP contribution in [-0.2, 0) is 14.8 Å². The van der Waals surface area contributed by atoms with Crippen LogP contribution in [0.3, 0.4) is 0 Å². The molecule has 2 aromatic rings. The van der Waals surface area contributed by atoms with Crippen molar-refractivity contribution in [3.8, 4) is 11.1 Å². The summed E-state index contributed by atoms with van der Waals surface area (Å²) in [4.78, 5) is 28.8. The molecule has 0 saturated carbocycles. The van der Waals surface area contributed by atoms with Crippen molar-refractivity contribution in [2.75, 3.05) is 13.1 Å². The first-order valence-corrected chi connectivity index (χ1v) is 14.0. The van der Waals surface area contributed by atoms with Crippen LogP contribution in [0, 0.1) is 18.7 Å². The number of ether oxygens (including phenoxy) is 1. The Hall–Kier alpha value is -2.69. The average Bonchev–Trinajstić information content (AvgIpc) is 2.82. The van der Waals surface area contributed by atoms with Gasteiger partial charge in [-0.05, 0) is 76.6 Å². The van der Waals surface area contributed by atoms with E-state index in [0.29, 0.717) is 24.9 Å². The summed E-state index contributed by atoms with van der Waals surface area (Å²) in [6.07, 6.45) is 0.702. The van der Waals surface area contributed by atoms with Gasteiger partial charge in [-0.1, -0.05) is 41.4 Å². The van der Waals surface area contributed by atoms with E-state index in [9.17, 15) is 22.4 Å². The lowest BCUT2D eigenvalue weighted by atomic mass is 9.95. The Kier molecular flexibility index (Phi) is 8.87. The van der Waals surface area contributed by atoms with Gasteiger partial charge in [0.25, 0.3) is 5.91 Å². The van der Waals surface area contributed by atoms with Gasteiger partial charge in [-0.3, -0.25) is 10.2 Å². The second kappa shape index (κ2) is 11.4. The van der Waals surface area contributed by atoms with Gasteiger partial charge in [-0.15, -0.1) is 4.83 Å². The van der Waals surface area contributed by atoms with Crippen LogP contribution in [0.15, 0.2) is 36.4 Å². The number of nitrogens with zero attached hydrogens (tertiary/aromatic N) is 1. The van der Waals surface area contributed by atoms with Gasteiger partial charge in [0.15, 0.2) is 5.82 Å². The highest BCUT2D eigenvalue weighted by Crippen LogP contribution is 2.29. The molecule has 202 valence electrons. The molecule has 2 N–H and O–H groups in total. The second-order valence-electron chi connectivity index (χ2n) is 10.3. The van der Waals surface area contributed by atoms with Crippen molar-refractivity contribution in [2.45, 2.75) is 58.3 Å². The van der Waals surface area contributed by atoms with Crippen LogP contribution in [-0.4, -0.2) is 49.3 Å². The molecule has 2 aromatic carbocycles. The van der Waals surface area contributed by atoms with Crippen LogP contribution in [0.25, 0.3) is 11.1 Å². The SMILES string of the molecule is Cc1cccc(-c2cc(Cl)c(F)c(C(=O)NNS(=O)(=O)C(C)C3CCCN(C(=O)OC(C)(C)C)C3)c2)c1. The molecule has 37 heavy (non-hydrogen) atoms. The van der Waals surface area contributed by atoms with E-state index in [-0.39, 0.29) is 17.5 Å². The molecule has 0 bridgehead atoms. The van der Waals surface area contributed by atoms with Gasteiger partial charge in [-0.2, -0.15) is 0 Å². The van der Waals surface area contributed by atoms with Gasteiger partial charge in [0, 0.05) is 13.1 Å². The molecule has 1 saturated heterocycles. The highest BCUT2D eigenvalue weighted by molar-refractivity contribution is 7.90. The van der Waals surface area contributed by atoms with E-state index < -0.39 is 44.3 Å². The number of halogens is 2. The number of nitrogens with one attached hydrogen (secondary N) is 2. The van der Waals surface area contributed by atoms with Crippen LogP contribution >= 0.6 is 11.6 Å². The molecule has 1 fully saturated rings. The van der Waals surface area contributed by atoms with Crippen molar-refractivity contribution in [1.29, 1.82) is 0 Å². The van der Waals surface area contributed by atoms with Gasteiger partial charge >= 0.3 is 6.09 Å². The topological polar surface area (TPSA) is 105 Å². The molecule has 1 aliphatic rings. The third-order valence-electron chi connectivity index (χ3n) is 6.19. The molecule has 0 aliphatic carbocycles. The number of hydrogen-bond donors (Lipinski definition) is 2. The first kappa shape index (κ1) is 28.9. The maximum Gasteiger partial charge on any atom is 0.410 e. The standard InChI is InChI=1S/C26H33ClFN3O5S/c1-16-8-6-9-18(12-16)20-13-21(23(28)22(27)14-20)24(32)29-30-37(34,35)17(2)19-10-7-11-31(15-19)25(33)36-26(3,4)5/h6,8-9,12-14,17,19,30H,7,10-11,15H2,1-5H3,(H,29,32). The van der Waals surface area contributed by atoms with E-state index in [1.54, 1.807) is 26.8 Å². The van der Waals surface area contributed by atoms with Crippen LogP contribution in [0.1, 0.15) is 56.5 Å². The lowest BCUT2D eigenvalue weighted by molar-refractivity contribution is 0.0165. The zero-order valence-electron chi connectivity index (χ0n) is 21.6. The number of hydrazine groups is 1. The Bertz CT molecular complexity index is 1280. The molecule has 2 amide bonds. The Morgan fingerprint density at radius 2 is 1.89 bits per heavy atom. The van der Waals surface area contributed by atoms with Gasteiger partial charge in [0.1, 0.15) is 5.60 Å². The molecule has 1 heterocycles. The molecule has 8 nitrogen and oxygen atoms in total. The second-order valence-corrected chi connectivity index (χ2v) is 12.8. The molecule has 0 spiro atoms. The lowest BCUT2D eigenvalue weighted by Crippen LogP contribution is -2.51. The number of likely N-dealkylation sites (tertiary alicyclic amines) is 1. The molecule has 11 heteroatoms. The number of benzene rings is 2. The smallest absolute Gasteiger partial charge is 0.410 e. The van der Waals surface area contributed by atoms with E-state index in [0.717, 1.165) is 11.1 Å².